The number of carbonyl (C=O) groups excluding carboxylic acids is 2. The van der Waals surface area contributed by atoms with E-state index in [1.807, 2.05) is 31.2 Å². The van der Waals surface area contributed by atoms with Gasteiger partial charge in [-0.3, -0.25) is 9.78 Å². The summed E-state index contributed by atoms with van der Waals surface area (Å²) in [5.41, 5.74) is 2.47. The Hall–Kier alpha value is -2.89. The van der Waals surface area contributed by atoms with Crippen molar-refractivity contribution < 1.29 is 14.3 Å². The molecule has 1 aromatic heterocycles. The predicted octanol–water partition coefficient (Wildman–Crippen LogP) is 2.47. The van der Waals surface area contributed by atoms with E-state index in [1.165, 1.54) is 7.11 Å². The molecule has 2 amide bonds. The molecule has 120 valence electrons. The van der Waals surface area contributed by atoms with Gasteiger partial charge in [-0.25, -0.2) is 4.79 Å². The topological polar surface area (TPSA) is 80.3 Å². The monoisotopic (exact) mass is 313 g/mol. The minimum absolute atomic E-state index is 0.146. The zero-order chi connectivity index (χ0) is 16.7. The summed E-state index contributed by atoms with van der Waals surface area (Å²) in [6.07, 6.45) is 3.17. The Balaban J connectivity index is 2.01. The number of aromatic nitrogens is 1. The average molecular weight is 313 g/mol. The Morgan fingerprint density at radius 2 is 1.96 bits per heavy atom. The van der Waals surface area contributed by atoms with Gasteiger partial charge in [0, 0.05) is 24.6 Å². The first-order valence-corrected chi connectivity index (χ1v) is 7.19. The Kier molecular flexibility index (Phi) is 5.68. The summed E-state index contributed by atoms with van der Waals surface area (Å²) in [4.78, 5) is 27.8. The highest BCUT2D eigenvalue weighted by molar-refractivity contribution is 5.89. The number of carbonyl (C=O) groups is 2. The lowest BCUT2D eigenvalue weighted by Gasteiger charge is -2.16. The van der Waals surface area contributed by atoms with Gasteiger partial charge in [-0.1, -0.05) is 29.8 Å². The molecule has 1 heterocycles. The summed E-state index contributed by atoms with van der Waals surface area (Å²) in [7, 11) is 1.34. The molecule has 0 saturated carbocycles. The summed E-state index contributed by atoms with van der Waals surface area (Å²) >= 11 is 0. The number of hydrogen-bond acceptors (Lipinski definition) is 4. The van der Waals surface area contributed by atoms with Crippen LogP contribution < -0.4 is 10.6 Å². The summed E-state index contributed by atoms with van der Waals surface area (Å²) < 4.78 is 4.84. The van der Waals surface area contributed by atoms with E-state index >= 15 is 0 Å². The number of rotatable bonds is 5. The number of nitrogens with one attached hydrogen (secondary N) is 2. The van der Waals surface area contributed by atoms with E-state index in [0.29, 0.717) is 5.69 Å². The summed E-state index contributed by atoms with van der Waals surface area (Å²) in [6.45, 7) is 2.09. The number of nitrogens with zero attached hydrogens (tertiary/aromatic N) is 1. The van der Waals surface area contributed by atoms with Gasteiger partial charge in [0.2, 0.25) is 0 Å². The number of esters is 1. The fourth-order valence-electron chi connectivity index (χ4n) is 2.17. The second-order valence-corrected chi connectivity index (χ2v) is 5.06. The van der Waals surface area contributed by atoms with Crippen molar-refractivity contribution in [2.24, 2.45) is 0 Å². The molecule has 2 rings (SSSR count). The van der Waals surface area contributed by atoms with E-state index in [-0.39, 0.29) is 12.5 Å². The van der Waals surface area contributed by atoms with Gasteiger partial charge in [-0.2, -0.15) is 0 Å². The van der Waals surface area contributed by atoms with Crippen molar-refractivity contribution in [3.8, 4) is 0 Å². The van der Waals surface area contributed by atoms with Crippen molar-refractivity contribution in [3.63, 3.8) is 0 Å². The highest BCUT2D eigenvalue weighted by atomic mass is 16.5. The number of methoxy groups -OCH3 is 1. The van der Waals surface area contributed by atoms with Crippen LogP contribution >= 0.6 is 0 Å². The first kappa shape index (κ1) is 16.5. The predicted molar refractivity (Wildman–Crippen MR) is 87.2 cm³/mol. The molecule has 0 bridgehead atoms. The fourth-order valence-corrected chi connectivity index (χ4v) is 2.17. The third-order valence-electron chi connectivity index (χ3n) is 3.34. The number of anilines is 1. The van der Waals surface area contributed by atoms with Crippen LogP contribution in [0.25, 0.3) is 0 Å². The minimum atomic E-state index is -0.553. The molecule has 2 N–H and O–H groups in total. The van der Waals surface area contributed by atoms with Crippen LogP contribution in [0.5, 0.6) is 0 Å². The summed E-state index contributed by atoms with van der Waals surface area (Å²) in [6, 6.07) is 10.5. The molecule has 2 aromatic rings. The molecule has 6 heteroatoms. The van der Waals surface area contributed by atoms with Crippen LogP contribution in [0.15, 0.2) is 48.8 Å². The minimum Gasteiger partial charge on any atom is -0.468 e. The molecule has 0 spiro atoms. The number of urea groups is 1. The SMILES string of the molecule is COC(=O)[C@@H](CNC(=O)Nc1ccncc1)c1cccc(C)c1. The molecular weight excluding hydrogens is 294 g/mol. The van der Waals surface area contributed by atoms with Gasteiger partial charge in [0.05, 0.1) is 13.0 Å². The fraction of sp³-hybridized carbons (Fsp3) is 0.235. The van der Waals surface area contributed by atoms with Crippen molar-refractivity contribution in [1.29, 1.82) is 0 Å². The van der Waals surface area contributed by atoms with Gasteiger partial charge in [-0.05, 0) is 24.6 Å². The molecule has 23 heavy (non-hydrogen) atoms. The largest absolute Gasteiger partial charge is 0.468 e. The Labute approximate surface area is 134 Å². The van der Waals surface area contributed by atoms with Gasteiger partial charge in [0.25, 0.3) is 0 Å². The smallest absolute Gasteiger partial charge is 0.319 e. The zero-order valence-corrected chi connectivity index (χ0v) is 13.1. The second-order valence-electron chi connectivity index (χ2n) is 5.06. The summed E-state index contributed by atoms with van der Waals surface area (Å²) in [5, 5.41) is 5.37. The van der Waals surface area contributed by atoms with Crippen molar-refractivity contribution >= 4 is 17.7 Å². The van der Waals surface area contributed by atoms with E-state index in [9.17, 15) is 9.59 Å². The second kappa shape index (κ2) is 7.93. The molecule has 1 atom stereocenters. The number of pyridine rings is 1. The maximum Gasteiger partial charge on any atom is 0.319 e. The zero-order valence-electron chi connectivity index (χ0n) is 13.1. The van der Waals surface area contributed by atoms with Crippen molar-refractivity contribution in [2.75, 3.05) is 19.0 Å². The van der Waals surface area contributed by atoms with E-state index in [4.69, 9.17) is 4.74 Å². The first-order chi connectivity index (χ1) is 11.1. The Morgan fingerprint density at radius 1 is 1.22 bits per heavy atom. The van der Waals surface area contributed by atoms with Gasteiger partial charge < -0.3 is 15.4 Å². The molecule has 0 saturated heterocycles. The first-order valence-electron chi connectivity index (χ1n) is 7.19. The maximum atomic E-state index is 12.0. The Bertz CT molecular complexity index is 674. The number of aryl methyl sites for hydroxylation is 1. The van der Waals surface area contributed by atoms with Crippen LogP contribution in [-0.2, 0) is 9.53 Å². The molecule has 0 aliphatic rings. The maximum absolute atomic E-state index is 12.0. The number of hydrogen-bond donors (Lipinski definition) is 2. The van der Waals surface area contributed by atoms with Crippen molar-refractivity contribution in [3.05, 3.63) is 59.9 Å². The number of amides is 2. The molecule has 0 aliphatic carbocycles. The molecule has 0 unspecified atom stereocenters. The van der Waals surface area contributed by atoms with Gasteiger partial charge >= 0.3 is 12.0 Å². The molecule has 0 radical (unpaired) electrons. The van der Waals surface area contributed by atoms with E-state index in [2.05, 4.69) is 15.6 Å². The van der Waals surface area contributed by atoms with Gasteiger partial charge in [-0.15, -0.1) is 0 Å². The third kappa shape index (κ3) is 4.81. The average Bonchev–Trinajstić information content (AvgIpc) is 2.55. The van der Waals surface area contributed by atoms with Crippen LogP contribution in [-0.4, -0.2) is 30.6 Å². The lowest BCUT2D eigenvalue weighted by atomic mass is 9.97. The molecular formula is C17H19N3O3. The lowest BCUT2D eigenvalue weighted by Crippen LogP contribution is -2.35. The van der Waals surface area contributed by atoms with Crippen molar-refractivity contribution in [2.45, 2.75) is 12.8 Å². The molecule has 0 aliphatic heterocycles. The number of ether oxygens (including phenoxy) is 1. The van der Waals surface area contributed by atoms with Crippen LogP contribution in [0.1, 0.15) is 17.0 Å². The standard InChI is InChI=1S/C17H19N3O3/c1-12-4-3-5-13(10-12)15(16(21)23-2)11-19-17(22)20-14-6-8-18-9-7-14/h3-10,15H,11H2,1-2H3,(H2,18,19,20,22)/t15-/m0/s1. The summed E-state index contributed by atoms with van der Waals surface area (Å²) in [5.74, 6) is -0.942. The third-order valence-corrected chi connectivity index (χ3v) is 3.34. The quantitative estimate of drug-likeness (QED) is 0.831. The normalized spacial score (nSPS) is 11.4. The van der Waals surface area contributed by atoms with E-state index in [0.717, 1.165) is 11.1 Å². The van der Waals surface area contributed by atoms with E-state index in [1.54, 1.807) is 24.5 Å². The van der Waals surface area contributed by atoms with Crippen LogP contribution in [0.4, 0.5) is 10.5 Å². The molecule has 1 aromatic carbocycles. The van der Waals surface area contributed by atoms with Crippen LogP contribution in [0.3, 0.4) is 0 Å². The van der Waals surface area contributed by atoms with E-state index < -0.39 is 11.9 Å². The lowest BCUT2D eigenvalue weighted by molar-refractivity contribution is -0.142. The Morgan fingerprint density at radius 3 is 2.61 bits per heavy atom. The number of benzene rings is 1. The van der Waals surface area contributed by atoms with Gasteiger partial charge in [0.15, 0.2) is 0 Å². The van der Waals surface area contributed by atoms with Crippen LogP contribution in [0.2, 0.25) is 0 Å². The molecule has 6 nitrogen and oxygen atoms in total. The highest BCUT2D eigenvalue weighted by Gasteiger charge is 2.22. The van der Waals surface area contributed by atoms with Gasteiger partial charge in [0.1, 0.15) is 0 Å². The molecule has 0 fully saturated rings. The highest BCUT2D eigenvalue weighted by Crippen LogP contribution is 2.18. The van der Waals surface area contributed by atoms with Crippen LogP contribution in [0, 0.1) is 6.92 Å². The van der Waals surface area contributed by atoms with Crippen molar-refractivity contribution in [1.82, 2.24) is 10.3 Å².